The number of benzene rings is 2. The van der Waals surface area contributed by atoms with Crippen molar-refractivity contribution < 1.29 is 64.4 Å². The van der Waals surface area contributed by atoms with Crippen LogP contribution in [-0.4, -0.2) is 13.0 Å². The number of fused-ring (bicyclic) bond motifs is 1. The maximum Gasteiger partial charge on any atom is 1.00 e. The van der Waals surface area contributed by atoms with E-state index in [-0.39, 0.29) is 56.3 Å². The smallest absolute Gasteiger partial charge is 0.744 e. The van der Waals surface area contributed by atoms with Crippen LogP contribution in [0.5, 0.6) is 0 Å². The molecule has 0 aromatic heterocycles. The van der Waals surface area contributed by atoms with Gasteiger partial charge in [0.2, 0.25) is 0 Å². The summed E-state index contributed by atoms with van der Waals surface area (Å²) in [6.07, 6.45) is 3.75. The first-order valence-corrected chi connectivity index (χ1v) is 8.38. The van der Waals surface area contributed by atoms with Crippen LogP contribution in [0.25, 0.3) is 10.8 Å². The average Bonchev–Trinajstić information content (AvgIpc) is 2.37. The van der Waals surface area contributed by atoms with E-state index in [0.29, 0.717) is 5.39 Å². The van der Waals surface area contributed by atoms with Gasteiger partial charge >= 0.3 is 51.4 Å². The van der Waals surface area contributed by atoms with Crippen LogP contribution < -0.4 is 51.4 Å². The monoisotopic (exact) mass is 330 g/mol. The van der Waals surface area contributed by atoms with Crippen LogP contribution >= 0.6 is 0 Å². The third kappa shape index (κ3) is 4.61. The summed E-state index contributed by atoms with van der Waals surface area (Å²) >= 11 is 0. The van der Waals surface area contributed by atoms with Crippen molar-refractivity contribution in [3.63, 3.8) is 0 Å². The van der Waals surface area contributed by atoms with E-state index in [1.807, 2.05) is 12.1 Å². The fourth-order valence-corrected chi connectivity index (χ4v) is 3.31. The summed E-state index contributed by atoms with van der Waals surface area (Å²) in [6, 6.07) is 8.92. The Morgan fingerprint density at radius 1 is 1.00 bits per heavy atom. The molecule has 2 aromatic carbocycles. The molecular weight excluding hydrogens is 311 g/mol. The molecular formula is C16H19KO3S. The molecule has 0 amide bonds. The molecule has 108 valence electrons. The molecule has 0 spiro atoms. The summed E-state index contributed by atoms with van der Waals surface area (Å²) < 4.78 is 34.3. The van der Waals surface area contributed by atoms with Gasteiger partial charge in [-0.3, -0.25) is 0 Å². The van der Waals surface area contributed by atoms with E-state index >= 15 is 0 Å². The first kappa shape index (κ1) is 19.3. The Kier molecular flexibility index (Phi) is 7.53. The van der Waals surface area contributed by atoms with Gasteiger partial charge in [-0.25, -0.2) is 8.42 Å². The first-order chi connectivity index (χ1) is 9.47. The summed E-state index contributed by atoms with van der Waals surface area (Å²) in [5.41, 5.74) is 2.22. The first-order valence-electron chi connectivity index (χ1n) is 6.97. The van der Waals surface area contributed by atoms with E-state index in [2.05, 4.69) is 19.9 Å². The Labute approximate surface area is 169 Å². The third-order valence-corrected chi connectivity index (χ3v) is 4.32. The van der Waals surface area contributed by atoms with Gasteiger partial charge in [0.15, 0.2) is 0 Å². The molecule has 0 aliphatic heterocycles. The predicted molar refractivity (Wildman–Crippen MR) is 79.9 cm³/mol. The minimum absolute atomic E-state index is 0. The minimum atomic E-state index is -4.44. The Morgan fingerprint density at radius 3 is 2.24 bits per heavy atom. The molecule has 2 aromatic rings. The van der Waals surface area contributed by atoms with Gasteiger partial charge in [0.1, 0.15) is 10.1 Å². The number of hydrogen-bond acceptors (Lipinski definition) is 3. The number of rotatable bonds is 5. The Morgan fingerprint density at radius 2 is 1.67 bits per heavy atom. The van der Waals surface area contributed by atoms with E-state index < -0.39 is 10.1 Å². The average molecular weight is 330 g/mol. The minimum Gasteiger partial charge on any atom is -0.744 e. The maximum atomic E-state index is 11.4. The van der Waals surface area contributed by atoms with Crippen molar-refractivity contribution in [3.05, 3.63) is 41.5 Å². The van der Waals surface area contributed by atoms with Gasteiger partial charge in [-0.05, 0) is 46.9 Å². The number of aryl methyl sites for hydroxylation is 2. The van der Waals surface area contributed by atoms with E-state index in [4.69, 9.17) is 0 Å². The molecule has 0 aliphatic rings. The van der Waals surface area contributed by atoms with Crippen molar-refractivity contribution in [2.45, 2.75) is 44.4 Å². The van der Waals surface area contributed by atoms with Crippen LogP contribution in [0.2, 0.25) is 0 Å². The van der Waals surface area contributed by atoms with Gasteiger partial charge in [0.05, 0.1) is 4.90 Å². The summed E-state index contributed by atoms with van der Waals surface area (Å²) in [5, 5.41) is 1.44. The van der Waals surface area contributed by atoms with Crippen LogP contribution in [0.15, 0.2) is 35.2 Å². The van der Waals surface area contributed by atoms with Crippen molar-refractivity contribution >= 4 is 20.9 Å². The fourth-order valence-electron chi connectivity index (χ4n) is 2.63. The van der Waals surface area contributed by atoms with E-state index in [1.165, 1.54) is 6.07 Å². The standard InChI is InChI=1S/C16H20O3S.K/c1-3-6-12-10-13(7-4-2)14-8-5-9-16(15(14)11-12)20(17,18)19;/h5,8-11H,3-4,6-7H2,1-2H3,(H,17,18,19);/q;+1/p-1. The Hall–Kier alpha value is 0.246. The zero-order chi connectivity index (χ0) is 14.8. The molecule has 0 fully saturated rings. The molecule has 21 heavy (non-hydrogen) atoms. The van der Waals surface area contributed by atoms with Crippen molar-refractivity contribution in [1.29, 1.82) is 0 Å². The van der Waals surface area contributed by atoms with Crippen LogP contribution in [0.1, 0.15) is 37.8 Å². The largest absolute Gasteiger partial charge is 1.00 e. The van der Waals surface area contributed by atoms with Crippen LogP contribution in [0, 0.1) is 0 Å². The molecule has 0 aliphatic carbocycles. The molecule has 3 nitrogen and oxygen atoms in total. The molecule has 0 bridgehead atoms. The second kappa shape index (κ2) is 8.20. The second-order valence-corrected chi connectivity index (χ2v) is 6.41. The Bertz CT molecular complexity index is 724. The molecule has 0 radical (unpaired) electrons. The van der Waals surface area contributed by atoms with Crippen LogP contribution in [0.3, 0.4) is 0 Å². The van der Waals surface area contributed by atoms with Crippen LogP contribution in [-0.2, 0) is 23.0 Å². The third-order valence-electron chi connectivity index (χ3n) is 3.43. The van der Waals surface area contributed by atoms with Crippen molar-refractivity contribution in [3.8, 4) is 0 Å². The molecule has 5 heteroatoms. The zero-order valence-electron chi connectivity index (χ0n) is 12.8. The molecule has 0 unspecified atom stereocenters. The van der Waals surface area contributed by atoms with E-state index in [9.17, 15) is 13.0 Å². The molecule has 0 atom stereocenters. The van der Waals surface area contributed by atoms with Crippen molar-refractivity contribution in [2.75, 3.05) is 0 Å². The zero-order valence-corrected chi connectivity index (χ0v) is 16.8. The summed E-state index contributed by atoms with van der Waals surface area (Å²) in [5.74, 6) is 0. The van der Waals surface area contributed by atoms with Gasteiger partial charge in [-0.1, -0.05) is 44.9 Å². The maximum absolute atomic E-state index is 11.4. The van der Waals surface area contributed by atoms with Gasteiger partial charge in [-0.15, -0.1) is 0 Å². The Balaban J connectivity index is 0.00000220. The second-order valence-electron chi connectivity index (χ2n) is 5.06. The van der Waals surface area contributed by atoms with Gasteiger partial charge in [-0.2, -0.15) is 0 Å². The molecule has 0 saturated heterocycles. The topological polar surface area (TPSA) is 57.2 Å². The molecule has 2 rings (SSSR count). The van der Waals surface area contributed by atoms with Crippen molar-refractivity contribution in [1.82, 2.24) is 0 Å². The normalized spacial score (nSPS) is 11.4. The number of hydrogen-bond donors (Lipinski definition) is 0. The van der Waals surface area contributed by atoms with Gasteiger partial charge < -0.3 is 4.55 Å². The summed E-state index contributed by atoms with van der Waals surface area (Å²) in [6.45, 7) is 4.17. The fraction of sp³-hybridized carbons (Fsp3) is 0.375. The SMILES string of the molecule is CCCc1cc(CCC)c2cccc(S(=O)(=O)[O-])c2c1.[K+]. The quantitative estimate of drug-likeness (QED) is 0.597. The predicted octanol–water partition coefficient (Wildman–Crippen LogP) is 0.653. The molecule has 0 N–H and O–H groups in total. The van der Waals surface area contributed by atoms with E-state index in [0.717, 1.165) is 42.2 Å². The van der Waals surface area contributed by atoms with Crippen molar-refractivity contribution in [2.24, 2.45) is 0 Å². The molecule has 0 saturated carbocycles. The summed E-state index contributed by atoms with van der Waals surface area (Å²) in [7, 11) is -4.44. The van der Waals surface area contributed by atoms with E-state index in [1.54, 1.807) is 6.07 Å². The molecule has 0 heterocycles. The summed E-state index contributed by atoms with van der Waals surface area (Å²) in [4.78, 5) is -0.106. The van der Waals surface area contributed by atoms with Gasteiger partial charge in [0.25, 0.3) is 0 Å². The van der Waals surface area contributed by atoms with Gasteiger partial charge in [0, 0.05) is 0 Å². The van der Waals surface area contributed by atoms with Crippen LogP contribution in [0.4, 0.5) is 0 Å².